The minimum absolute atomic E-state index is 0.147. The van der Waals surface area contributed by atoms with E-state index in [9.17, 15) is 8.42 Å². The van der Waals surface area contributed by atoms with E-state index in [-0.39, 0.29) is 11.5 Å². The van der Waals surface area contributed by atoms with Gasteiger partial charge in [0.2, 0.25) is 0 Å². The number of benzene rings is 1. The minimum Gasteiger partial charge on any atom is -0.391 e. The van der Waals surface area contributed by atoms with Gasteiger partial charge in [0.05, 0.1) is 6.61 Å². The van der Waals surface area contributed by atoms with Crippen LogP contribution >= 0.6 is 11.3 Å². The van der Waals surface area contributed by atoms with Gasteiger partial charge >= 0.3 is 0 Å². The van der Waals surface area contributed by atoms with Crippen LogP contribution in [0.25, 0.3) is 0 Å². The van der Waals surface area contributed by atoms with Gasteiger partial charge in [-0.25, -0.2) is 8.42 Å². The fourth-order valence-corrected chi connectivity index (χ4v) is 4.44. The molecule has 0 aliphatic heterocycles. The molecule has 2 N–H and O–H groups in total. The van der Waals surface area contributed by atoms with Crippen LogP contribution in [0.2, 0.25) is 0 Å². The summed E-state index contributed by atoms with van der Waals surface area (Å²) < 4.78 is 27.2. The van der Waals surface area contributed by atoms with Crippen molar-refractivity contribution in [3.63, 3.8) is 0 Å². The molecule has 0 aliphatic carbocycles. The van der Waals surface area contributed by atoms with Gasteiger partial charge in [0.1, 0.15) is 4.90 Å². The number of aliphatic hydroxyl groups is 1. The maximum Gasteiger partial charge on any atom is 0.263 e. The van der Waals surface area contributed by atoms with E-state index in [1.165, 1.54) is 17.4 Å². The molecule has 0 saturated heterocycles. The Bertz CT molecular complexity index is 688. The monoisotopic (exact) mass is 311 g/mol. The zero-order valence-electron chi connectivity index (χ0n) is 11.4. The first-order chi connectivity index (χ1) is 9.46. The lowest BCUT2D eigenvalue weighted by Gasteiger charge is -2.08. The standard InChI is InChI=1S/C14H17NO3S2/c1-3-11-4-6-12(7-5-11)15-20(17,18)14-8-13(9-16)19-10(14)2/h4-8,15-16H,3,9H2,1-2H3. The number of thiophene rings is 1. The molecule has 4 nitrogen and oxygen atoms in total. The average Bonchev–Trinajstić information content (AvgIpc) is 2.81. The highest BCUT2D eigenvalue weighted by Gasteiger charge is 2.19. The van der Waals surface area contributed by atoms with Crippen LogP contribution in [0.15, 0.2) is 35.2 Å². The topological polar surface area (TPSA) is 66.4 Å². The van der Waals surface area contributed by atoms with E-state index in [0.717, 1.165) is 12.0 Å². The second-order valence-corrected chi connectivity index (χ2v) is 7.44. The second kappa shape index (κ2) is 5.95. The summed E-state index contributed by atoms with van der Waals surface area (Å²) in [6.45, 7) is 3.63. The Balaban J connectivity index is 2.27. The Morgan fingerprint density at radius 2 is 1.90 bits per heavy atom. The Kier molecular flexibility index (Phi) is 4.47. The third-order valence-corrected chi connectivity index (χ3v) is 5.65. The quantitative estimate of drug-likeness (QED) is 0.892. The molecular weight excluding hydrogens is 294 g/mol. The zero-order valence-corrected chi connectivity index (χ0v) is 13.0. The largest absolute Gasteiger partial charge is 0.391 e. The van der Waals surface area contributed by atoms with Gasteiger partial charge in [-0.3, -0.25) is 4.72 Å². The summed E-state index contributed by atoms with van der Waals surface area (Å²) in [5, 5.41) is 9.08. The van der Waals surface area contributed by atoms with E-state index >= 15 is 0 Å². The molecule has 1 aromatic heterocycles. The molecule has 0 atom stereocenters. The number of anilines is 1. The maximum absolute atomic E-state index is 12.3. The lowest BCUT2D eigenvalue weighted by molar-refractivity contribution is 0.285. The summed E-state index contributed by atoms with van der Waals surface area (Å²) in [7, 11) is -3.60. The summed E-state index contributed by atoms with van der Waals surface area (Å²) >= 11 is 1.29. The van der Waals surface area contributed by atoms with Crippen LogP contribution in [0.5, 0.6) is 0 Å². The zero-order chi connectivity index (χ0) is 14.8. The lowest BCUT2D eigenvalue weighted by Crippen LogP contribution is -2.13. The SMILES string of the molecule is CCc1ccc(NS(=O)(=O)c2cc(CO)sc2C)cc1. The molecule has 0 bridgehead atoms. The van der Waals surface area contributed by atoms with Gasteiger partial charge < -0.3 is 5.11 Å². The van der Waals surface area contributed by atoms with Crippen LogP contribution in [0.4, 0.5) is 5.69 Å². The number of aliphatic hydroxyl groups excluding tert-OH is 1. The van der Waals surface area contributed by atoms with Crippen molar-refractivity contribution in [1.82, 2.24) is 0 Å². The van der Waals surface area contributed by atoms with Crippen LogP contribution in [-0.4, -0.2) is 13.5 Å². The van der Waals surface area contributed by atoms with Crippen molar-refractivity contribution in [2.75, 3.05) is 4.72 Å². The molecule has 0 unspecified atom stereocenters. The highest BCUT2D eigenvalue weighted by atomic mass is 32.2. The third-order valence-electron chi connectivity index (χ3n) is 2.98. The van der Waals surface area contributed by atoms with E-state index in [1.54, 1.807) is 19.1 Å². The minimum atomic E-state index is -3.60. The van der Waals surface area contributed by atoms with Crippen LogP contribution in [-0.2, 0) is 23.1 Å². The Hall–Kier alpha value is -1.37. The van der Waals surface area contributed by atoms with Crippen molar-refractivity contribution in [3.8, 4) is 0 Å². The molecule has 0 spiro atoms. The van der Waals surface area contributed by atoms with E-state index in [4.69, 9.17) is 5.11 Å². The lowest BCUT2D eigenvalue weighted by atomic mass is 10.2. The van der Waals surface area contributed by atoms with Gasteiger partial charge in [-0.1, -0.05) is 19.1 Å². The van der Waals surface area contributed by atoms with Gasteiger partial charge in [-0.15, -0.1) is 11.3 Å². The molecule has 1 heterocycles. The number of hydrogen-bond acceptors (Lipinski definition) is 4. The van der Waals surface area contributed by atoms with Gasteiger partial charge in [0, 0.05) is 15.4 Å². The van der Waals surface area contributed by atoms with Crippen molar-refractivity contribution in [2.24, 2.45) is 0 Å². The molecule has 6 heteroatoms. The van der Waals surface area contributed by atoms with Crippen LogP contribution in [0.3, 0.4) is 0 Å². The van der Waals surface area contributed by atoms with Gasteiger partial charge in [-0.05, 0) is 37.1 Å². The first-order valence-electron chi connectivity index (χ1n) is 6.28. The molecule has 0 saturated carbocycles. The summed E-state index contributed by atoms with van der Waals surface area (Å²) in [5.41, 5.74) is 1.69. The van der Waals surface area contributed by atoms with Gasteiger partial charge in [-0.2, -0.15) is 0 Å². The van der Waals surface area contributed by atoms with Gasteiger partial charge in [0.15, 0.2) is 0 Å². The van der Waals surface area contributed by atoms with E-state index in [1.807, 2.05) is 19.1 Å². The molecule has 1 aromatic carbocycles. The van der Waals surface area contributed by atoms with Gasteiger partial charge in [0.25, 0.3) is 10.0 Å². The summed E-state index contributed by atoms with van der Waals surface area (Å²) in [5.74, 6) is 0. The van der Waals surface area contributed by atoms with Crippen molar-refractivity contribution < 1.29 is 13.5 Å². The molecule has 2 aromatic rings. The van der Waals surface area contributed by atoms with Crippen molar-refractivity contribution in [2.45, 2.75) is 31.8 Å². The van der Waals surface area contributed by atoms with Crippen molar-refractivity contribution in [1.29, 1.82) is 0 Å². The molecular formula is C14H17NO3S2. The summed E-state index contributed by atoms with van der Waals surface area (Å²) in [6, 6.07) is 8.83. The summed E-state index contributed by atoms with van der Waals surface area (Å²) in [4.78, 5) is 1.54. The fourth-order valence-electron chi connectivity index (χ4n) is 1.89. The molecule has 0 fully saturated rings. The number of rotatable bonds is 5. The highest BCUT2D eigenvalue weighted by molar-refractivity contribution is 7.93. The Labute approximate surface area is 123 Å². The predicted molar refractivity (Wildman–Crippen MR) is 81.6 cm³/mol. The maximum atomic E-state index is 12.3. The fraction of sp³-hybridized carbons (Fsp3) is 0.286. The van der Waals surface area contributed by atoms with E-state index in [0.29, 0.717) is 15.4 Å². The highest BCUT2D eigenvalue weighted by Crippen LogP contribution is 2.27. The first-order valence-corrected chi connectivity index (χ1v) is 8.58. The van der Waals surface area contributed by atoms with Crippen molar-refractivity contribution >= 4 is 27.0 Å². The number of nitrogens with one attached hydrogen (secondary N) is 1. The number of hydrogen-bond donors (Lipinski definition) is 2. The van der Waals surface area contributed by atoms with Crippen molar-refractivity contribution in [3.05, 3.63) is 45.6 Å². The van der Waals surface area contributed by atoms with Crippen LogP contribution < -0.4 is 4.72 Å². The molecule has 2 rings (SSSR count). The Morgan fingerprint density at radius 3 is 2.40 bits per heavy atom. The summed E-state index contributed by atoms with van der Waals surface area (Å²) in [6.07, 6.45) is 0.913. The number of sulfonamides is 1. The van der Waals surface area contributed by atoms with Crippen LogP contribution in [0, 0.1) is 6.92 Å². The normalized spacial score (nSPS) is 11.6. The number of aryl methyl sites for hydroxylation is 2. The molecule has 0 amide bonds. The smallest absolute Gasteiger partial charge is 0.263 e. The first kappa shape index (κ1) is 15.0. The second-order valence-electron chi connectivity index (χ2n) is 4.45. The predicted octanol–water partition coefficient (Wildman–Crippen LogP) is 2.91. The van der Waals surface area contributed by atoms with E-state index in [2.05, 4.69) is 4.72 Å². The van der Waals surface area contributed by atoms with E-state index < -0.39 is 10.0 Å². The third kappa shape index (κ3) is 3.20. The average molecular weight is 311 g/mol. The molecule has 108 valence electrons. The Morgan fingerprint density at radius 1 is 1.25 bits per heavy atom. The molecule has 20 heavy (non-hydrogen) atoms. The van der Waals surface area contributed by atoms with Crippen LogP contribution in [0.1, 0.15) is 22.2 Å². The molecule has 0 aliphatic rings. The molecule has 0 radical (unpaired) electrons.